The monoisotopic (exact) mass is 204 g/mol. The van der Waals surface area contributed by atoms with Crippen LogP contribution in [0.15, 0.2) is 29.2 Å². The molecule has 68 valence electrons. The summed E-state index contributed by atoms with van der Waals surface area (Å²) in [4.78, 5) is 0.966. The molecule has 12 heavy (non-hydrogen) atoms. The highest BCUT2D eigenvalue weighted by Gasteiger charge is 2.48. The fourth-order valence-corrected chi connectivity index (χ4v) is 7.90. The number of thiol groups is 1. The van der Waals surface area contributed by atoms with Crippen LogP contribution in [0.25, 0.3) is 0 Å². The Morgan fingerprint density at radius 1 is 1.33 bits per heavy atom. The summed E-state index contributed by atoms with van der Waals surface area (Å²) in [6.07, 6.45) is 4.46. The van der Waals surface area contributed by atoms with E-state index in [1.165, 1.54) is 0 Å². The Labute approximate surface area is 76.2 Å². The highest BCUT2D eigenvalue weighted by atomic mass is 33.2. The zero-order valence-corrected chi connectivity index (χ0v) is 8.96. The van der Waals surface area contributed by atoms with Crippen LogP contribution in [-0.4, -0.2) is 17.6 Å². The standard InChI is InChI=1S/C9H13FS2/c1-12(2,7-11-12)9-6-4-3-5-8(9)10/h3-6,12H,7H2,1-2H3. The largest absolute Gasteiger partial charge is 0.219 e. The smallest absolute Gasteiger partial charge is 0.134 e. The third-order valence-electron chi connectivity index (χ3n) is 2.38. The average Bonchev–Trinajstić information content (AvgIpc) is 2.65. The molecule has 0 atom stereocenters. The molecule has 1 aliphatic rings. The second-order valence-corrected chi connectivity index (χ2v) is 14.6. The summed E-state index contributed by atoms with van der Waals surface area (Å²) in [6, 6.07) is 7.19. The van der Waals surface area contributed by atoms with Gasteiger partial charge in [-0.2, -0.15) is 0 Å². The van der Waals surface area contributed by atoms with Gasteiger partial charge in [0.1, 0.15) is 5.82 Å². The first kappa shape index (κ1) is 8.45. The van der Waals surface area contributed by atoms with Crippen LogP contribution in [0.2, 0.25) is 0 Å². The van der Waals surface area contributed by atoms with E-state index in [0.717, 1.165) is 9.98 Å². The molecule has 0 nitrogen and oxygen atoms in total. The summed E-state index contributed by atoms with van der Waals surface area (Å²) in [5.41, 5.74) is 0. The summed E-state index contributed by atoms with van der Waals surface area (Å²) >= 11 is 0. The van der Waals surface area contributed by atoms with Gasteiger partial charge in [0.05, 0.1) is 0 Å². The number of hydrogen-bond donors (Lipinski definition) is 1. The van der Waals surface area contributed by atoms with Crippen LogP contribution in [0.4, 0.5) is 4.39 Å². The Balaban J connectivity index is 2.55. The summed E-state index contributed by atoms with van der Waals surface area (Å²) in [5.74, 6) is -0.0230. The van der Waals surface area contributed by atoms with Crippen molar-refractivity contribution in [1.29, 1.82) is 0 Å². The zero-order valence-electron chi connectivity index (χ0n) is 7.25. The molecule has 1 heterocycles. The topological polar surface area (TPSA) is 0 Å². The van der Waals surface area contributed by atoms with Gasteiger partial charge in [0.25, 0.3) is 0 Å². The van der Waals surface area contributed by atoms with Gasteiger partial charge >= 0.3 is 0 Å². The Hall–Kier alpha value is -0.150. The Morgan fingerprint density at radius 2 is 1.92 bits per heavy atom. The van der Waals surface area contributed by atoms with E-state index in [9.17, 15) is 4.39 Å². The third kappa shape index (κ3) is 1.15. The highest BCUT2D eigenvalue weighted by molar-refractivity contribution is 9.16. The van der Waals surface area contributed by atoms with Gasteiger partial charge in [0.2, 0.25) is 0 Å². The highest BCUT2D eigenvalue weighted by Crippen LogP contribution is 2.94. The molecule has 0 saturated carbocycles. The predicted octanol–water partition coefficient (Wildman–Crippen LogP) is 3.14. The number of halogens is 1. The molecule has 1 aromatic carbocycles. The fraction of sp³-hybridized carbons (Fsp3) is 0.333. The molecule has 1 fully saturated rings. The van der Waals surface area contributed by atoms with Crippen molar-refractivity contribution in [3.05, 3.63) is 30.1 Å². The van der Waals surface area contributed by atoms with E-state index in [1.54, 1.807) is 12.1 Å². The Bertz CT molecular complexity index is 325. The molecular formula is C9H13FS2. The van der Waals surface area contributed by atoms with Crippen molar-refractivity contribution >= 4 is 19.0 Å². The van der Waals surface area contributed by atoms with Gasteiger partial charge in [-0.3, -0.25) is 0 Å². The molecule has 0 spiro atoms. The van der Waals surface area contributed by atoms with E-state index in [2.05, 4.69) is 12.5 Å². The lowest BCUT2D eigenvalue weighted by molar-refractivity contribution is 0.601. The van der Waals surface area contributed by atoms with Crippen molar-refractivity contribution in [3.8, 4) is 0 Å². The first-order valence-electron chi connectivity index (χ1n) is 3.92. The fourth-order valence-electron chi connectivity index (χ4n) is 1.30. The van der Waals surface area contributed by atoms with E-state index >= 15 is 0 Å². The van der Waals surface area contributed by atoms with Crippen LogP contribution in [0.1, 0.15) is 0 Å². The number of hydrogen-bond acceptors (Lipinski definition) is 1. The molecule has 0 aromatic heterocycles. The summed E-state index contributed by atoms with van der Waals surface area (Å²) < 4.78 is 13.4. The van der Waals surface area contributed by atoms with Crippen molar-refractivity contribution in [2.75, 3.05) is 17.6 Å². The molecule has 2 rings (SSSR count). The van der Waals surface area contributed by atoms with Crippen LogP contribution < -0.4 is 0 Å². The molecule has 0 amide bonds. The lowest BCUT2D eigenvalue weighted by Gasteiger charge is -2.33. The summed E-state index contributed by atoms with van der Waals surface area (Å²) in [7, 11) is 0.183. The van der Waals surface area contributed by atoms with Gasteiger partial charge in [-0.05, 0) is 24.6 Å². The van der Waals surface area contributed by atoms with E-state index in [-0.39, 0.29) is 5.82 Å². The summed E-state index contributed by atoms with van der Waals surface area (Å²) in [6.45, 7) is 0. The van der Waals surface area contributed by atoms with Gasteiger partial charge < -0.3 is 0 Å². The molecular weight excluding hydrogens is 191 g/mol. The number of rotatable bonds is 1. The molecule has 0 bridgehead atoms. The first-order chi connectivity index (χ1) is 5.51. The molecule has 3 heteroatoms. The van der Waals surface area contributed by atoms with Gasteiger partial charge in [-0.1, -0.05) is 12.1 Å². The van der Waals surface area contributed by atoms with Crippen LogP contribution in [0, 0.1) is 5.82 Å². The van der Waals surface area contributed by atoms with Crippen molar-refractivity contribution < 1.29 is 4.39 Å². The molecule has 0 unspecified atom stereocenters. The van der Waals surface area contributed by atoms with E-state index in [4.69, 9.17) is 0 Å². The second-order valence-electron chi connectivity index (χ2n) is 3.98. The number of benzene rings is 1. The van der Waals surface area contributed by atoms with Gasteiger partial charge in [0, 0.05) is 9.98 Å². The lowest BCUT2D eigenvalue weighted by atomic mass is 10.3. The Kier molecular flexibility index (Phi) is 1.55. The van der Waals surface area contributed by atoms with Gasteiger partial charge in [0.15, 0.2) is 0 Å². The summed E-state index contributed by atoms with van der Waals surface area (Å²) in [5, 5.41) is 1.15. The van der Waals surface area contributed by atoms with Crippen molar-refractivity contribution in [3.63, 3.8) is 0 Å². The molecule has 1 saturated heterocycles. The third-order valence-corrected chi connectivity index (χ3v) is 11.0. The minimum Gasteiger partial charge on any atom is -0.219 e. The SMILES string of the molecule is C[SH]1(C)(c2ccccc2F)CS1. The van der Waals surface area contributed by atoms with Gasteiger partial charge in [-0.25, -0.2) is 12.6 Å². The molecule has 0 aliphatic carbocycles. The predicted molar refractivity (Wildman–Crippen MR) is 58.0 cm³/mol. The molecule has 0 N–H and O–H groups in total. The lowest BCUT2D eigenvalue weighted by Crippen LogP contribution is -1.98. The van der Waals surface area contributed by atoms with Crippen molar-refractivity contribution in [2.24, 2.45) is 0 Å². The minimum atomic E-state index is -1.75. The zero-order chi connectivity index (χ0) is 8.84. The second kappa shape index (κ2) is 2.20. The average molecular weight is 204 g/mol. The van der Waals surface area contributed by atoms with Gasteiger partial charge in [-0.15, -0.1) is 10.8 Å². The Morgan fingerprint density at radius 3 is 2.42 bits per heavy atom. The minimum absolute atomic E-state index is 0.0230. The van der Waals surface area contributed by atoms with Crippen LogP contribution in [-0.2, 0) is 0 Å². The van der Waals surface area contributed by atoms with E-state index in [0.29, 0.717) is 0 Å². The van der Waals surface area contributed by atoms with Crippen molar-refractivity contribution in [1.82, 2.24) is 0 Å². The normalized spacial score (nSPS) is 27.1. The van der Waals surface area contributed by atoms with Crippen LogP contribution in [0.3, 0.4) is 0 Å². The van der Waals surface area contributed by atoms with Crippen molar-refractivity contribution in [2.45, 2.75) is 4.90 Å². The van der Waals surface area contributed by atoms with Crippen LogP contribution >= 0.6 is 19.0 Å². The van der Waals surface area contributed by atoms with E-state index < -0.39 is 8.19 Å². The first-order valence-corrected chi connectivity index (χ1v) is 8.83. The van der Waals surface area contributed by atoms with E-state index in [1.807, 2.05) is 22.9 Å². The maximum Gasteiger partial charge on any atom is 0.134 e. The molecule has 1 aromatic rings. The maximum atomic E-state index is 13.4. The maximum absolute atomic E-state index is 13.4. The quantitative estimate of drug-likeness (QED) is 0.416. The van der Waals surface area contributed by atoms with Crippen LogP contribution in [0.5, 0.6) is 0 Å². The molecule has 1 aliphatic heterocycles. The molecule has 0 radical (unpaired) electrons.